The van der Waals surface area contributed by atoms with Gasteiger partial charge in [0, 0.05) is 37.9 Å². The molecule has 0 radical (unpaired) electrons. The fourth-order valence-corrected chi connectivity index (χ4v) is 4.36. The molecule has 174 valence electrons. The van der Waals surface area contributed by atoms with Crippen molar-refractivity contribution in [1.29, 1.82) is 0 Å². The van der Waals surface area contributed by atoms with Crippen molar-refractivity contribution in [2.45, 2.75) is 40.0 Å². The smallest absolute Gasteiger partial charge is 0.259 e. The molecule has 4 rings (SSSR count). The number of rotatable bonds is 7. The molecule has 1 fully saturated rings. The van der Waals surface area contributed by atoms with Crippen LogP contribution in [0.15, 0.2) is 54.9 Å². The maximum absolute atomic E-state index is 13.7. The Labute approximate surface area is 195 Å². The molecule has 1 aliphatic rings. The average molecular weight is 448 g/mol. The number of carbonyl (C=O) groups excluding carboxylic acids is 2. The number of piperidine rings is 1. The first kappa shape index (κ1) is 22.8. The number of aromatic nitrogens is 3. The fourth-order valence-electron chi connectivity index (χ4n) is 4.36. The van der Waals surface area contributed by atoms with Gasteiger partial charge in [-0.3, -0.25) is 9.59 Å². The first-order valence-corrected chi connectivity index (χ1v) is 11.8. The SMILES string of the molecule is Cc1nn(-c2ccccc2)c(-n2cccc2)c1C(=O)N1CCC(C(=O)NCCC(C)C)CC1. The minimum atomic E-state index is -0.0305. The highest BCUT2D eigenvalue weighted by Crippen LogP contribution is 2.26. The van der Waals surface area contributed by atoms with E-state index in [1.165, 1.54) is 0 Å². The zero-order valence-corrected chi connectivity index (χ0v) is 19.7. The van der Waals surface area contributed by atoms with Crippen molar-refractivity contribution in [2.24, 2.45) is 11.8 Å². The van der Waals surface area contributed by atoms with Gasteiger partial charge in [-0.25, -0.2) is 4.68 Å². The number of nitrogens with zero attached hydrogens (tertiary/aromatic N) is 4. The zero-order valence-electron chi connectivity index (χ0n) is 19.7. The second-order valence-electron chi connectivity index (χ2n) is 9.16. The number of benzene rings is 1. The van der Waals surface area contributed by atoms with Crippen LogP contribution in [0.25, 0.3) is 11.5 Å². The van der Waals surface area contributed by atoms with E-state index in [4.69, 9.17) is 5.10 Å². The van der Waals surface area contributed by atoms with E-state index < -0.39 is 0 Å². The molecule has 1 saturated heterocycles. The van der Waals surface area contributed by atoms with Crippen molar-refractivity contribution in [3.05, 3.63) is 66.1 Å². The van der Waals surface area contributed by atoms with Gasteiger partial charge in [0.25, 0.3) is 5.91 Å². The van der Waals surface area contributed by atoms with E-state index in [-0.39, 0.29) is 17.7 Å². The Morgan fingerprint density at radius 1 is 1.06 bits per heavy atom. The molecule has 0 atom stereocenters. The van der Waals surface area contributed by atoms with E-state index in [2.05, 4.69) is 19.2 Å². The monoisotopic (exact) mass is 447 g/mol. The molecule has 0 saturated carbocycles. The summed E-state index contributed by atoms with van der Waals surface area (Å²) in [5.74, 6) is 1.36. The van der Waals surface area contributed by atoms with Crippen molar-refractivity contribution >= 4 is 11.8 Å². The van der Waals surface area contributed by atoms with Gasteiger partial charge in [0.2, 0.25) is 5.91 Å². The summed E-state index contributed by atoms with van der Waals surface area (Å²) in [5, 5.41) is 7.79. The van der Waals surface area contributed by atoms with E-state index in [9.17, 15) is 9.59 Å². The van der Waals surface area contributed by atoms with Crippen LogP contribution >= 0.6 is 0 Å². The third kappa shape index (κ3) is 5.02. The molecule has 1 N–H and O–H groups in total. The second-order valence-corrected chi connectivity index (χ2v) is 9.16. The number of carbonyl (C=O) groups is 2. The Bertz CT molecular complexity index is 1080. The third-order valence-electron chi connectivity index (χ3n) is 6.27. The Morgan fingerprint density at radius 3 is 2.36 bits per heavy atom. The van der Waals surface area contributed by atoms with Crippen molar-refractivity contribution < 1.29 is 9.59 Å². The summed E-state index contributed by atoms with van der Waals surface area (Å²) in [4.78, 5) is 28.0. The topological polar surface area (TPSA) is 72.2 Å². The Balaban J connectivity index is 1.53. The minimum Gasteiger partial charge on any atom is -0.356 e. The highest BCUT2D eigenvalue weighted by Gasteiger charge is 2.32. The maximum atomic E-state index is 13.7. The maximum Gasteiger partial charge on any atom is 0.259 e. The third-order valence-corrected chi connectivity index (χ3v) is 6.27. The summed E-state index contributed by atoms with van der Waals surface area (Å²) >= 11 is 0. The first-order chi connectivity index (χ1) is 16.0. The zero-order chi connectivity index (χ0) is 23.4. The van der Waals surface area contributed by atoms with Gasteiger partial charge in [0.15, 0.2) is 5.82 Å². The highest BCUT2D eigenvalue weighted by atomic mass is 16.2. The van der Waals surface area contributed by atoms with Crippen LogP contribution in [0.1, 0.15) is 49.2 Å². The van der Waals surface area contributed by atoms with Crippen LogP contribution in [0.3, 0.4) is 0 Å². The van der Waals surface area contributed by atoms with E-state index in [0.717, 1.165) is 17.9 Å². The van der Waals surface area contributed by atoms with Crippen LogP contribution in [-0.4, -0.2) is 50.7 Å². The molecule has 3 aromatic rings. The Hall–Kier alpha value is -3.35. The lowest BCUT2D eigenvalue weighted by Gasteiger charge is -2.31. The molecule has 1 aliphatic heterocycles. The molecule has 7 heteroatoms. The molecule has 7 nitrogen and oxygen atoms in total. The molecule has 0 unspecified atom stereocenters. The molecule has 3 heterocycles. The highest BCUT2D eigenvalue weighted by molar-refractivity contribution is 5.99. The number of para-hydroxylation sites is 1. The molecule has 0 spiro atoms. The predicted molar refractivity (Wildman–Crippen MR) is 129 cm³/mol. The van der Waals surface area contributed by atoms with Crippen molar-refractivity contribution in [3.63, 3.8) is 0 Å². The van der Waals surface area contributed by atoms with Gasteiger partial charge < -0.3 is 14.8 Å². The van der Waals surface area contributed by atoms with Crippen LogP contribution < -0.4 is 5.32 Å². The quantitative estimate of drug-likeness (QED) is 0.595. The van der Waals surface area contributed by atoms with Gasteiger partial charge in [-0.2, -0.15) is 5.10 Å². The summed E-state index contributed by atoms with van der Waals surface area (Å²) < 4.78 is 3.77. The molecular weight excluding hydrogens is 414 g/mol. The van der Waals surface area contributed by atoms with Crippen LogP contribution in [-0.2, 0) is 4.79 Å². The number of amides is 2. The van der Waals surface area contributed by atoms with E-state index in [1.54, 1.807) is 0 Å². The fraction of sp³-hybridized carbons (Fsp3) is 0.423. The van der Waals surface area contributed by atoms with Crippen molar-refractivity contribution in [1.82, 2.24) is 24.6 Å². The molecule has 2 amide bonds. The van der Waals surface area contributed by atoms with E-state index in [0.29, 0.717) is 49.7 Å². The summed E-state index contributed by atoms with van der Waals surface area (Å²) in [6, 6.07) is 13.7. The molecule has 0 aliphatic carbocycles. The van der Waals surface area contributed by atoms with Crippen molar-refractivity contribution in [2.75, 3.05) is 19.6 Å². The summed E-state index contributed by atoms with van der Waals surface area (Å²) in [6.07, 6.45) is 6.21. The van der Waals surface area contributed by atoms with Crippen molar-refractivity contribution in [3.8, 4) is 11.5 Å². The van der Waals surface area contributed by atoms with Crippen LogP contribution in [0.2, 0.25) is 0 Å². The molecule has 33 heavy (non-hydrogen) atoms. The second kappa shape index (κ2) is 10.1. The van der Waals surface area contributed by atoms with Gasteiger partial charge in [-0.15, -0.1) is 0 Å². The summed E-state index contributed by atoms with van der Waals surface area (Å²) in [6.45, 7) is 8.05. The van der Waals surface area contributed by atoms with Gasteiger partial charge >= 0.3 is 0 Å². The van der Waals surface area contributed by atoms with E-state index >= 15 is 0 Å². The lowest BCUT2D eigenvalue weighted by molar-refractivity contribution is -0.126. The van der Waals surface area contributed by atoms with E-state index in [1.807, 2.05) is 75.9 Å². The predicted octanol–water partition coefficient (Wildman–Crippen LogP) is 3.99. The van der Waals surface area contributed by atoms with Gasteiger partial charge in [-0.1, -0.05) is 32.0 Å². The Kier molecular flexibility index (Phi) is 6.96. The molecule has 2 aromatic heterocycles. The first-order valence-electron chi connectivity index (χ1n) is 11.8. The van der Waals surface area contributed by atoms with Crippen LogP contribution in [0, 0.1) is 18.8 Å². The number of aryl methyl sites for hydroxylation is 1. The minimum absolute atomic E-state index is 0.0294. The average Bonchev–Trinajstić information content (AvgIpc) is 3.46. The number of nitrogens with one attached hydrogen (secondary N) is 1. The lowest BCUT2D eigenvalue weighted by atomic mass is 9.95. The molecule has 0 bridgehead atoms. The molecular formula is C26H33N5O2. The van der Waals surface area contributed by atoms with Gasteiger partial charge in [-0.05, 0) is 56.4 Å². The van der Waals surface area contributed by atoms with Crippen LogP contribution in [0.5, 0.6) is 0 Å². The largest absolute Gasteiger partial charge is 0.356 e. The molecule has 1 aromatic carbocycles. The van der Waals surface area contributed by atoms with Gasteiger partial charge in [0.1, 0.15) is 5.56 Å². The van der Waals surface area contributed by atoms with Crippen LogP contribution in [0.4, 0.5) is 0 Å². The number of likely N-dealkylation sites (tertiary alicyclic amines) is 1. The summed E-state index contributed by atoms with van der Waals surface area (Å²) in [5.41, 5.74) is 2.20. The summed E-state index contributed by atoms with van der Waals surface area (Å²) in [7, 11) is 0. The normalized spacial score (nSPS) is 14.6. The standard InChI is InChI=1S/C26H33N5O2/c1-19(2)11-14-27-24(32)21-12-17-30(18-13-21)26(33)23-20(3)28-31(22-9-5-4-6-10-22)25(23)29-15-7-8-16-29/h4-10,15-16,19,21H,11-14,17-18H2,1-3H3,(H,27,32). The number of hydrogen-bond acceptors (Lipinski definition) is 3. The Morgan fingerprint density at radius 2 is 1.73 bits per heavy atom. The number of hydrogen-bond donors (Lipinski definition) is 1. The lowest BCUT2D eigenvalue weighted by Crippen LogP contribution is -2.43. The van der Waals surface area contributed by atoms with Gasteiger partial charge in [0.05, 0.1) is 11.4 Å².